The first-order valence-electron chi connectivity index (χ1n) is 19.8. The van der Waals surface area contributed by atoms with Gasteiger partial charge in [-0.1, -0.05) is 212 Å². The van der Waals surface area contributed by atoms with Gasteiger partial charge in [0, 0.05) is 17.1 Å². The Morgan fingerprint density at radius 3 is 1.16 bits per heavy atom. The molecule has 1 nitrogen and oxygen atoms in total. The van der Waals surface area contributed by atoms with Gasteiger partial charge < -0.3 is 4.90 Å². The first-order valence-corrected chi connectivity index (χ1v) is 21.8. The monoisotopic (exact) mass is 743 g/mol. The summed E-state index contributed by atoms with van der Waals surface area (Å²) in [6.45, 7) is 0. The van der Waals surface area contributed by atoms with Crippen molar-refractivity contribution in [3.8, 4) is 11.1 Å². The molecule has 9 aromatic rings. The predicted molar refractivity (Wildman–Crippen MR) is 242 cm³/mol. The molecule has 0 bridgehead atoms. The predicted octanol–water partition coefficient (Wildman–Crippen LogP) is 10.9. The SMILES string of the molecule is c1ccc(N(c2ccc([Si](c3ccccc3)(c3ccccc3)c3ccccc3)cc2)c2ccc3c(c2)C(c2ccccc2)(c2ccccc2)c2ccccc2-3)cc1. The van der Waals surface area contributed by atoms with Crippen LogP contribution in [0.4, 0.5) is 17.1 Å². The van der Waals surface area contributed by atoms with Crippen LogP contribution < -0.4 is 25.6 Å². The zero-order valence-electron chi connectivity index (χ0n) is 31.6. The van der Waals surface area contributed by atoms with Gasteiger partial charge >= 0.3 is 0 Å². The Kier molecular flexibility index (Phi) is 8.82. The fraction of sp³-hybridized carbons (Fsp3) is 0.0182. The van der Waals surface area contributed by atoms with Crippen molar-refractivity contribution in [3.63, 3.8) is 0 Å². The lowest BCUT2D eigenvalue weighted by molar-refractivity contribution is 0.768. The Balaban J connectivity index is 1.19. The lowest BCUT2D eigenvalue weighted by Gasteiger charge is -2.35. The molecule has 1 aliphatic carbocycles. The summed E-state index contributed by atoms with van der Waals surface area (Å²) in [6, 6.07) is 91.9. The number of anilines is 3. The molecule has 9 aromatic carbocycles. The van der Waals surface area contributed by atoms with E-state index in [4.69, 9.17) is 0 Å². The fourth-order valence-electron chi connectivity index (χ4n) is 9.52. The van der Waals surface area contributed by atoms with Crippen molar-refractivity contribution >= 4 is 45.9 Å². The molecule has 0 amide bonds. The first-order chi connectivity index (χ1) is 28.3. The maximum Gasteiger partial charge on any atom is 0.179 e. The van der Waals surface area contributed by atoms with E-state index in [1.165, 1.54) is 54.1 Å². The van der Waals surface area contributed by atoms with Crippen LogP contribution in [0.1, 0.15) is 22.3 Å². The average Bonchev–Trinajstić information content (AvgIpc) is 3.60. The van der Waals surface area contributed by atoms with Gasteiger partial charge in [0.25, 0.3) is 0 Å². The molecule has 0 unspecified atom stereocenters. The highest BCUT2D eigenvalue weighted by molar-refractivity contribution is 7.19. The molecule has 1 aliphatic rings. The summed E-state index contributed by atoms with van der Waals surface area (Å²) in [5.41, 5.74) is 10.6. The topological polar surface area (TPSA) is 3.24 Å². The third kappa shape index (κ3) is 5.60. The maximum atomic E-state index is 2.45. The highest BCUT2D eigenvalue weighted by atomic mass is 28.3. The number of hydrogen-bond donors (Lipinski definition) is 0. The third-order valence-electron chi connectivity index (χ3n) is 11.9. The summed E-state index contributed by atoms with van der Waals surface area (Å²) in [7, 11) is -2.68. The van der Waals surface area contributed by atoms with Gasteiger partial charge in [0.2, 0.25) is 0 Å². The smallest absolute Gasteiger partial charge is 0.179 e. The van der Waals surface area contributed by atoms with Crippen molar-refractivity contribution in [2.24, 2.45) is 0 Å². The molecular weight excluding hydrogens is 703 g/mol. The lowest BCUT2D eigenvalue weighted by atomic mass is 9.67. The standard InChI is InChI=1S/C55H41NSi/c1-7-21-42(22-8-1)55(43-23-9-2-10-24-43)53-34-20-19-33-51(53)52-40-37-46(41-54(52)55)56(44-25-11-3-12-26-44)45-35-38-50(39-36-45)57(47-27-13-4-14-28-47,48-29-15-5-16-30-48)49-31-17-6-18-32-49/h1-41H. The van der Waals surface area contributed by atoms with Crippen molar-refractivity contribution in [2.75, 3.05) is 4.90 Å². The average molecular weight is 744 g/mol. The summed E-state index contributed by atoms with van der Waals surface area (Å²) < 4.78 is 0. The Bertz CT molecular complexity index is 2620. The summed E-state index contributed by atoms with van der Waals surface area (Å²) >= 11 is 0. The van der Waals surface area contributed by atoms with Crippen LogP contribution in [0, 0.1) is 0 Å². The molecule has 0 radical (unpaired) electrons. The van der Waals surface area contributed by atoms with Crippen LogP contribution in [0.25, 0.3) is 11.1 Å². The van der Waals surface area contributed by atoms with E-state index >= 15 is 0 Å². The summed E-state index contributed by atoms with van der Waals surface area (Å²) in [5, 5.41) is 5.45. The summed E-state index contributed by atoms with van der Waals surface area (Å²) in [4.78, 5) is 2.42. The molecule has 0 fully saturated rings. The Hall–Kier alpha value is -7.00. The van der Waals surface area contributed by atoms with Crippen LogP contribution in [0.2, 0.25) is 0 Å². The largest absolute Gasteiger partial charge is 0.310 e. The zero-order chi connectivity index (χ0) is 38.1. The minimum absolute atomic E-state index is 0.483. The van der Waals surface area contributed by atoms with Crippen LogP contribution in [0.15, 0.2) is 249 Å². The van der Waals surface area contributed by atoms with Crippen LogP contribution in [-0.4, -0.2) is 8.07 Å². The van der Waals surface area contributed by atoms with Crippen molar-refractivity contribution in [1.82, 2.24) is 0 Å². The fourth-order valence-corrected chi connectivity index (χ4v) is 14.3. The van der Waals surface area contributed by atoms with Crippen molar-refractivity contribution in [3.05, 3.63) is 271 Å². The van der Waals surface area contributed by atoms with Crippen LogP contribution in [-0.2, 0) is 5.41 Å². The van der Waals surface area contributed by atoms with Crippen LogP contribution in [0.5, 0.6) is 0 Å². The minimum atomic E-state index is -2.68. The number of benzene rings is 9. The van der Waals surface area contributed by atoms with Gasteiger partial charge in [-0.3, -0.25) is 0 Å². The Morgan fingerprint density at radius 1 is 0.281 bits per heavy atom. The quantitative estimate of drug-likeness (QED) is 0.105. The second kappa shape index (κ2) is 14.6. The van der Waals surface area contributed by atoms with Gasteiger partial charge in [0.15, 0.2) is 8.07 Å². The highest BCUT2D eigenvalue weighted by Crippen LogP contribution is 2.57. The number of rotatable bonds is 9. The van der Waals surface area contributed by atoms with Crippen molar-refractivity contribution < 1.29 is 0 Å². The number of hydrogen-bond acceptors (Lipinski definition) is 1. The molecule has 2 heteroatoms. The van der Waals surface area contributed by atoms with E-state index in [-0.39, 0.29) is 0 Å². The van der Waals surface area contributed by atoms with Crippen molar-refractivity contribution in [1.29, 1.82) is 0 Å². The zero-order valence-corrected chi connectivity index (χ0v) is 32.6. The van der Waals surface area contributed by atoms with E-state index in [0.29, 0.717) is 0 Å². The van der Waals surface area contributed by atoms with Gasteiger partial charge in [0.05, 0.1) is 5.41 Å². The molecule has 0 heterocycles. The third-order valence-corrected chi connectivity index (χ3v) is 16.7. The normalized spacial score (nSPS) is 12.7. The van der Waals surface area contributed by atoms with Gasteiger partial charge in [0.1, 0.15) is 0 Å². The summed E-state index contributed by atoms with van der Waals surface area (Å²) in [6.07, 6.45) is 0. The second-order valence-electron chi connectivity index (χ2n) is 14.8. The van der Waals surface area contributed by atoms with Gasteiger partial charge in [-0.25, -0.2) is 0 Å². The second-order valence-corrected chi connectivity index (χ2v) is 18.6. The highest BCUT2D eigenvalue weighted by Gasteiger charge is 2.46. The van der Waals surface area contributed by atoms with Gasteiger partial charge in [-0.05, 0) is 90.5 Å². The molecule has 0 aliphatic heterocycles. The molecule has 0 saturated heterocycles. The molecule has 0 saturated carbocycles. The molecule has 0 aromatic heterocycles. The van der Waals surface area contributed by atoms with E-state index in [1.807, 2.05) is 0 Å². The Labute approximate surface area is 336 Å². The van der Waals surface area contributed by atoms with Crippen LogP contribution >= 0.6 is 0 Å². The van der Waals surface area contributed by atoms with Gasteiger partial charge in [-0.2, -0.15) is 0 Å². The summed E-state index contributed by atoms with van der Waals surface area (Å²) in [5.74, 6) is 0. The van der Waals surface area contributed by atoms with E-state index in [9.17, 15) is 0 Å². The number of para-hydroxylation sites is 1. The molecular formula is C55H41NSi. The molecule has 0 atom stereocenters. The molecule has 0 N–H and O–H groups in total. The van der Waals surface area contributed by atoms with E-state index in [2.05, 4.69) is 254 Å². The van der Waals surface area contributed by atoms with Gasteiger partial charge in [-0.15, -0.1) is 0 Å². The molecule has 270 valence electrons. The van der Waals surface area contributed by atoms with E-state index < -0.39 is 13.5 Å². The molecule has 10 rings (SSSR count). The number of fused-ring (bicyclic) bond motifs is 3. The maximum absolute atomic E-state index is 2.68. The molecule has 57 heavy (non-hydrogen) atoms. The van der Waals surface area contributed by atoms with E-state index in [1.54, 1.807) is 0 Å². The lowest BCUT2D eigenvalue weighted by Crippen LogP contribution is -2.74. The Morgan fingerprint density at radius 2 is 0.649 bits per heavy atom. The van der Waals surface area contributed by atoms with E-state index in [0.717, 1.165) is 17.1 Å². The number of nitrogens with zero attached hydrogens (tertiary/aromatic N) is 1. The van der Waals surface area contributed by atoms with Crippen LogP contribution in [0.3, 0.4) is 0 Å². The first kappa shape index (κ1) is 34.5. The minimum Gasteiger partial charge on any atom is -0.310 e. The van der Waals surface area contributed by atoms with Crippen molar-refractivity contribution in [2.45, 2.75) is 5.41 Å². The molecule has 0 spiro atoms.